The van der Waals surface area contributed by atoms with Gasteiger partial charge in [0, 0.05) is 0 Å². The molecule has 7 rings (SSSR count). The maximum absolute atomic E-state index is 8.95. The molecule has 0 saturated carbocycles. The molecule has 34 heavy (non-hydrogen) atoms. The molecule has 0 unspecified atom stereocenters. The van der Waals surface area contributed by atoms with Crippen molar-refractivity contribution in [1.82, 2.24) is 0 Å². The van der Waals surface area contributed by atoms with Crippen LogP contribution in [0.15, 0.2) is 133 Å². The summed E-state index contributed by atoms with van der Waals surface area (Å²) in [5, 5.41) is 3.76. The Bertz CT molecular complexity index is 2250. The van der Waals surface area contributed by atoms with Gasteiger partial charge in [-0.1, -0.05) is 121 Å². The molecule has 0 heterocycles. The van der Waals surface area contributed by atoms with Gasteiger partial charge in [-0.3, -0.25) is 0 Å². The lowest BCUT2D eigenvalue weighted by Crippen LogP contribution is -1.87. The molecule has 0 spiro atoms. The smallest absolute Gasteiger partial charge is 0.0622 e. The summed E-state index contributed by atoms with van der Waals surface area (Å²) in [6, 6.07) is 22.0. The molecule has 0 aliphatic heterocycles. The first-order chi connectivity index (χ1) is 20.6. The van der Waals surface area contributed by atoms with Crippen LogP contribution >= 0.6 is 0 Å². The predicted molar refractivity (Wildman–Crippen MR) is 147 cm³/mol. The number of hydrogen-bond acceptors (Lipinski definition) is 0. The van der Waals surface area contributed by atoms with Crippen LogP contribution in [0.5, 0.6) is 0 Å². The summed E-state index contributed by atoms with van der Waals surface area (Å²) in [7, 11) is 0. The standard InChI is InChI=1S/C34H22/c1-2-9-23(10-3-1)28-15-8-16-31-32(28)20-19-24-17-18-27(22-33(24)31)34-29-13-6-4-11-25(29)21-26-12-5-7-14-30(26)34/h1-22H/i4D,5D,6D,7D,11D,12D,13D,14D,21D. The molecular weight excluding hydrogens is 408 g/mol. The number of rotatable bonds is 2. The molecule has 0 radical (unpaired) electrons. The van der Waals surface area contributed by atoms with Gasteiger partial charge < -0.3 is 0 Å². The minimum absolute atomic E-state index is 0.0538. The lowest BCUT2D eigenvalue weighted by Gasteiger charge is -2.14. The third-order valence-corrected chi connectivity index (χ3v) is 6.38. The van der Waals surface area contributed by atoms with Crippen LogP contribution in [0, 0.1) is 0 Å². The summed E-state index contributed by atoms with van der Waals surface area (Å²) in [4.78, 5) is 0. The Kier molecular flexibility index (Phi) is 2.71. The van der Waals surface area contributed by atoms with Gasteiger partial charge in [0.25, 0.3) is 0 Å². The van der Waals surface area contributed by atoms with Crippen LogP contribution in [0.4, 0.5) is 0 Å². The summed E-state index contributed by atoms with van der Waals surface area (Å²) in [6.45, 7) is 0. The predicted octanol–water partition coefficient (Wildman–Crippen LogP) is 9.63. The van der Waals surface area contributed by atoms with Crippen molar-refractivity contribution in [3.05, 3.63) is 133 Å². The largest absolute Gasteiger partial charge is 0.0636 e. The van der Waals surface area contributed by atoms with Crippen LogP contribution in [0.1, 0.15) is 12.3 Å². The third kappa shape index (κ3) is 2.93. The van der Waals surface area contributed by atoms with Crippen molar-refractivity contribution in [3.63, 3.8) is 0 Å². The van der Waals surface area contributed by atoms with Crippen LogP contribution < -0.4 is 0 Å². The number of benzene rings is 7. The minimum Gasteiger partial charge on any atom is -0.0622 e. The topological polar surface area (TPSA) is 0 Å². The highest BCUT2D eigenvalue weighted by Gasteiger charge is 2.12. The van der Waals surface area contributed by atoms with Gasteiger partial charge in [-0.05, 0) is 77.5 Å². The molecule has 0 aliphatic carbocycles. The Hall–Kier alpha value is -4.42. The Morgan fingerprint density at radius 3 is 1.91 bits per heavy atom. The zero-order valence-corrected chi connectivity index (χ0v) is 18.0. The summed E-state index contributed by atoms with van der Waals surface area (Å²) in [5.41, 5.74) is 2.90. The van der Waals surface area contributed by atoms with Crippen molar-refractivity contribution in [2.75, 3.05) is 0 Å². The Labute approximate surface area is 211 Å². The fraction of sp³-hybridized carbons (Fsp3) is 0. The Morgan fingerprint density at radius 2 is 1.15 bits per heavy atom. The lowest BCUT2D eigenvalue weighted by atomic mass is 9.89. The molecule has 0 saturated heterocycles. The maximum atomic E-state index is 8.95. The number of fused-ring (bicyclic) bond motifs is 5. The summed E-state index contributed by atoms with van der Waals surface area (Å²) >= 11 is 0. The summed E-state index contributed by atoms with van der Waals surface area (Å²) < 4.78 is 77.4. The minimum atomic E-state index is -0.505. The van der Waals surface area contributed by atoms with Crippen molar-refractivity contribution in [1.29, 1.82) is 0 Å². The van der Waals surface area contributed by atoms with Crippen molar-refractivity contribution in [2.24, 2.45) is 0 Å². The average Bonchev–Trinajstić information content (AvgIpc) is 3.03. The van der Waals surface area contributed by atoms with Gasteiger partial charge in [0.05, 0.1) is 12.3 Å². The Balaban J connectivity index is 1.69. The second-order valence-corrected chi connectivity index (χ2v) is 8.27. The monoisotopic (exact) mass is 439 g/mol. The average molecular weight is 440 g/mol. The molecule has 0 atom stereocenters. The van der Waals surface area contributed by atoms with Gasteiger partial charge in [0.2, 0.25) is 0 Å². The van der Waals surface area contributed by atoms with Gasteiger partial charge in [0.1, 0.15) is 0 Å². The summed E-state index contributed by atoms with van der Waals surface area (Å²) in [5.74, 6) is 0. The highest BCUT2D eigenvalue weighted by Crippen LogP contribution is 2.39. The van der Waals surface area contributed by atoms with E-state index in [0.717, 1.165) is 32.7 Å². The van der Waals surface area contributed by atoms with Gasteiger partial charge in [0.15, 0.2) is 0 Å². The molecule has 7 aromatic rings. The maximum Gasteiger partial charge on any atom is 0.0636 e. The molecule has 158 valence electrons. The Morgan fingerprint density at radius 1 is 0.441 bits per heavy atom. The highest BCUT2D eigenvalue weighted by atomic mass is 14.2. The van der Waals surface area contributed by atoms with Crippen LogP contribution in [-0.2, 0) is 0 Å². The second kappa shape index (κ2) is 7.57. The third-order valence-electron chi connectivity index (χ3n) is 6.38. The van der Waals surface area contributed by atoms with Crippen LogP contribution in [0.25, 0.3) is 65.3 Å². The first kappa shape index (κ1) is 12.2. The molecule has 0 heteroatoms. The van der Waals surface area contributed by atoms with Crippen molar-refractivity contribution < 1.29 is 12.3 Å². The van der Waals surface area contributed by atoms with Gasteiger partial charge in [-0.15, -0.1) is 0 Å². The molecule has 0 aliphatic rings. The molecule has 0 bridgehead atoms. The zero-order chi connectivity index (χ0) is 30.3. The van der Waals surface area contributed by atoms with Gasteiger partial charge in [-0.25, -0.2) is 0 Å². The normalized spacial score (nSPS) is 15.2. The van der Waals surface area contributed by atoms with Crippen LogP contribution in [-0.4, -0.2) is 0 Å². The summed E-state index contributed by atoms with van der Waals surface area (Å²) in [6.07, 6.45) is 0. The fourth-order valence-electron chi connectivity index (χ4n) is 4.84. The molecule has 0 N–H and O–H groups in total. The first-order valence-corrected chi connectivity index (χ1v) is 11.1. The first-order valence-electron chi connectivity index (χ1n) is 15.6. The van der Waals surface area contributed by atoms with E-state index < -0.39 is 36.3 Å². The van der Waals surface area contributed by atoms with E-state index in [1.54, 1.807) is 6.07 Å². The van der Waals surface area contributed by atoms with Crippen molar-refractivity contribution in [3.8, 4) is 22.3 Å². The van der Waals surface area contributed by atoms with Gasteiger partial charge >= 0.3 is 0 Å². The molecule has 0 nitrogen and oxygen atoms in total. The van der Waals surface area contributed by atoms with Crippen molar-refractivity contribution in [2.45, 2.75) is 0 Å². The molecular formula is C34H22. The SMILES string of the molecule is [2H]c1c([2H])c([2H])c2c(-c3ccc4ccc5c(-c6ccccc6)cccc5c4c3)c3c([2H])c([2H])c([2H])c([2H])c3c([2H])c2c1[2H]. The zero-order valence-electron chi connectivity index (χ0n) is 27.0. The van der Waals surface area contributed by atoms with E-state index in [4.69, 9.17) is 12.3 Å². The van der Waals surface area contributed by atoms with Crippen molar-refractivity contribution >= 4 is 43.1 Å². The lowest BCUT2D eigenvalue weighted by molar-refractivity contribution is 1.66. The molecule has 0 amide bonds. The van der Waals surface area contributed by atoms with E-state index in [0.29, 0.717) is 5.56 Å². The molecule has 0 fully saturated rings. The van der Waals surface area contributed by atoms with E-state index >= 15 is 0 Å². The van der Waals surface area contributed by atoms with Crippen LogP contribution in [0.3, 0.4) is 0 Å². The number of hydrogen-bond donors (Lipinski definition) is 0. The van der Waals surface area contributed by atoms with E-state index in [1.807, 2.05) is 48.5 Å². The van der Waals surface area contributed by atoms with Crippen LogP contribution in [0.2, 0.25) is 0 Å². The van der Waals surface area contributed by atoms with Gasteiger partial charge in [-0.2, -0.15) is 0 Å². The second-order valence-electron chi connectivity index (χ2n) is 8.27. The molecule has 7 aromatic carbocycles. The quantitative estimate of drug-likeness (QED) is 0.186. The fourth-order valence-corrected chi connectivity index (χ4v) is 4.84. The van der Waals surface area contributed by atoms with E-state index in [1.165, 1.54) is 0 Å². The highest BCUT2D eigenvalue weighted by molar-refractivity contribution is 6.16. The van der Waals surface area contributed by atoms with E-state index in [-0.39, 0.29) is 45.2 Å². The molecule has 0 aromatic heterocycles. The van der Waals surface area contributed by atoms with E-state index in [9.17, 15) is 0 Å². The van der Waals surface area contributed by atoms with E-state index in [2.05, 4.69) is 24.3 Å².